The normalized spacial score (nSPS) is 19.0. The minimum atomic E-state index is 0.0345. The maximum atomic E-state index is 11.1. The number of hydrogen-bond donors (Lipinski definition) is 1. The Morgan fingerprint density at radius 3 is 2.67 bits per heavy atom. The summed E-state index contributed by atoms with van der Waals surface area (Å²) in [4.78, 5) is 11.1. The van der Waals surface area contributed by atoms with Crippen molar-refractivity contribution in [3.8, 4) is 5.75 Å². The number of benzene rings is 1. The quantitative estimate of drug-likeness (QED) is 0.889. The van der Waals surface area contributed by atoms with Crippen molar-refractivity contribution in [2.45, 2.75) is 32.2 Å². The molecule has 0 saturated carbocycles. The highest BCUT2D eigenvalue weighted by Crippen LogP contribution is 2.28. The maximum absolute atomic E-state index is 11.1. The van der Waals surface area contributed by atoms with Crippen LogP contribution < -0.4 is 10.1 Å². The predicted octanol–water partition coefficient (Wildman–Crippen LogP) is 2.77. The topological polar surface area (TPSA) is 38.3 Å². The molecule has 1 N–H and O–H groups in total. The highest BCUT2D eigenvalue weighted by atomic mass is 16.5. The molecular weight excluding hydrogens is 226 g/mol. The number of rotatable bonds is 3. The summed E-state index contributed by atoms with van der Waals surface area (Å²) in [5.41, 5.74) is 2.52. The molecule has 3 heteroatoms. The number of allylic oxidation sites excluding steroid dienone is 1. The second-order valence-corrected chi connectivity index (χ2v) is 4.62. The summed E-state index contributed by atoms with van der Waals surface area (Å²) in [5.74, 6) is 0.904. The van der Waals surface area contributed by atoms with Crippen LogP contribution in [0.1, 0.15) is 31.7 Å². The second kappa shape index (κ2) is 5.71. The molecule has 0 spiro atoms. The zero-order chi connectivity index (χ0) is 13.0. The molecule has 0 aliphatic heterocycles. The molecule has 0 radical (unpaired) electrons. The van der Waals surface area contributed by atoms with Gasteiger partial charge >= 0.3 is 0 Å². The van der Waals surface area contributed by atoms with E-state index in [0.29, 0.717) is 0 Å². The summed E-state index contributed by atoms with van der Waals surface area (Å²) in [7, 11) is 1.67. The van der Waals surface area contributed by atoms with Crippen molar-refractivity contribution in [3.05, 3.63) is 35.9 Å². The average Bonchev–Trinajstić information content (AvgIpc) is 2.38. The van der Waals surface area contributed by atoms with E-state index in [4.69, 9.17) is 4.74 Å². The zero-order valence-electron chi connectivity index (χ0n) is 10.9. The molecule has 1 aromatic carbocycles. The molecule has 1 atom stereocenters. The Kier molecular flexibility index (Phi) is 4.03. The molecule has 18 heavy (non-hydrogen) atoms. The highest BCUT2D eigenvalue weighted by molar-refractivity contribution is 5.75. The van der Waals surface area contributed by atoms with Crippen molar-refractivity contribution in [3.63, 3.8) is 0 Å². The molecule has 0 bridgehead atoms. The summed E-state index contributed by atoms with van der Waals surface area (Å²) in [6.45, 7) is 1.56. The van der Waals surface area contributed by atoms with Crippen LogP contribution in [0.3, 0.4) is 0 Å². The average molecular weight is 245 g/mol. The molecule has 0 unspecified atom stereocenters. The van der Waals surface area contributed by atoms with Crippen molar-refractivity contribution in [1.29, 1.82) is 0 Å². The molecule has 0 aromatic heterocycles. The number of hydrogen-bond acceptors (Lipinski definition) is 2. The van der Waals surface area contributed by atoms with Crippen LogP contribution in [-0.4, -0.2) is 19.1 Å². The number of ether oxygens (including phenoxy) is 1. The first-order chi connectivity index (χ1) is 8.69. The van der Waals surface area contributed by atoms with Gasteiger partial charge in [0.2, 0.25) is 5.91 Å². The standard InChI is InChI=1S/C15H19NO2/c1-11(17)16-14-5-3-4-13(10-14)12-6-8-15(18-2)9-7-12/h6-10,14H,3-5H2,1-2H3,(H,16,17)/t14-/m1/s1. The summed E-state index contributed by atoms with van der Waals surface area (Å²) in [6, 6.07) is 8.26. The SMILES string of the molecule is COc1ccc(C2=C[C@H](NC(C)=O)CCC2)cc1. The summed E-state index contributed by atoms with van der Waals surface area (Å²) >= 11 is 0. The molecule has 1 aromatic rings. The minimum Gasteiger partial charge on any atom is -0.497 e. The first-order valence-electron chi connectivity index (χ1n) is 6.31. The Hall–Kier alpha value is -1.77. The Morgan fingerprint density at radius 1 is 1.33 bits per heavy atom. The van der Waals surface area contributed by atoms with Gasteiger partial charge in [-0.3, -0.25) is 4.79 Å². The van der Waals surface area contributed by atoms with E-state index in [1.807, 2.05) is 12.1 Å². The summed E-state index contributed by atoms with van der Waals surface area (Å²) in [5, 5.41) is 2.96. The van der Waals surface area contributed by atoms with E-state index in [-0.39, 0.29) is 11.9 Å². The van der Waals surface area contributed by atoms with Crippen molar-refractivity contribution in [2.75, 3.05) is 7.11 Å². The first-order valence-corrected chi connectivity index (χ1v) is 6.31. The van der Waals surface area contributed by atoms with E-state index in [2.05, 4.69) is 23.5 Å². The molecule has 0 heterocycles. The molecule has 0 fully saturated rings. The van der Waals surface area contributed by atoms with Gasteiger partial charge < -0.3 is 10.1 Å². The van der Waals surface area contributed by atoms with Crippen LogP contribution in [0.5, 0.6) is 5.75 Å². The van der Waals surface area contributed by atoms with E-state index < -0.39 is 0 Å². The first kappa shape index (κ1) is 12.7. The third kappa shape index (κ3) is 3.13. The summed E-state index contributed by atoms with van der Waals surface area (Å²) < 4.78 is 5.15. The van der Waals surface area contributed by atoms with E-state index >= 15 is 0 Å². The minimum absolute atomic E-state index is 0.0345. The highest BCUT2D eigenvalue weighted by Gasteiger charge is 2.15. The van der Waals surface area contributed by atoms with E-state index in [0.717, 1.165) is 25.0 Å². The van der Waals surface area contributed by atoms with Gasteiger partial charge in [-0.15, -0.1) is 0 Å². The fourth-order valence-corrected chi connectivity index (χ4v) is 2.34. The van der Waals surface area contributed by atoms with E-state index in [1.165, 1.54) is 11.1 Å². The Labute approximate surface area is 108 Å². The number of methoxy groups -OCH3 is 1. The third-order valence-corrected chi connectivity index (χ3v) is 3.21. The molecule has 2 rings (SSSR count). The number of carbonyl (C=O) groups excluding carboxylic acids is 1. The van der Waals surface area contributed by atoms with E-state index in [9.17, 15) is 4.79 Å². The Bertz CT molecular complexity index is 448. The van der Waals surface area contributed by atoms with E-state index in [1.54, 1.807) is 14.0 Å². The van der Waals surface area contributed by atoms with Gasteiger partial charge in [-0.25, -0.2) is 0 Å². The fourth-order valence-electron chi connectivity index (χ4n) is 2.34. The lowest BCUT2D eigenvalue weighted by Gasteiger charge is -2.22. The zero-order valence-corrected chi connectivity index (χ0v) is 10.9. The third-order valence-electron chi connectivity index (χ3n) is 3.21. The second-order valence-electron chi connectivity index (χ2n) is 4.62. The van der Waals surface area contributed by atoms with Crippen LogP contribution in [0.2, 0.25) is 0 Å². The predicted molar refractivity (Wildman–Crippen MR) is 72.4 cm³/mol. The molecular formula is C15H19NO2. The molecule has 0 saturated heterocycles. The van der Waals surface area contributed by atoms with Crippen LogP contribution in [0.4, 0.5) is 0 Å². The lowest BCUT2D eigenvalue weighted by atomic mass is 9.91. The monoisotopic (exact) mass is 245 g/mol. The number of nitrogens with one attached hydrogen (secondary N) is 1. The fraction of sp³-hybridized carbons (Fsp3) is 0.400. The lowest BCUT2D eigenvalue weighted by molar-refractivity contribution is -0.119. The maximum Gasteiger partial charge on any atom is 0.217 e. The van der Waals surface area contributed by atoms with Crippen LogP contribution in [0.15, 0.2) is 30.3 Å². The van der Waals surface area contributed by atoms with Gasteiger partial charge in [-0.2, -0.15) is 0 Å². The molecule has 96 valence electrons. The van der Waals surface area contributed by atoms with Crippen LogP contribution in [0.25, 0.3) is 5.57 Å². The van der Waals surface area contributed by atoms with Crippen molar-refractivity contribution in [2.24, 2.45) is 0 Å². The molecule has 1 aliphatic rings. The van der Waals surface area contributed by atoms with Gasteiger partial charge in [0.15, 0.2) is 0 Å². The van der Waals surface area contributed by atoms with Crippen molar-refractivity contribution >= 4 is 11.5 Å². The molecule has 1 amide bonds. The van der Waals surface area contributed by atoms with Crippen LogP contribution in [-0.2, 0) is 4.79 Å². The van der Waals surface area contributed by atoms with Gasteiger partial charge in [0.25, 0.3) is 0 Å². The number of amides is 1. The van der Waals surface area contributed by atoms with Crippen LogP contribution in [0, 0.1) is 0 Å². The van der Waals surface area contributed by atoms with Crippen molar-refractivity contribution < 1.29 is 9.53 Å². The van der Waals surface area contributed by atoms with Crippen molar-refractivity contribution in [1.82, 2.24) is 5.32 Å². The largest absolute Gasteiger partial charge is 0.497 e. The molecule has 3 nitrogen and oxygen atoms in total. The Morgan fingerprint density at radius 2 is 2.06 bits per heavy atom. The molecule has 1 aliphatic carbocycles. The lowest BCUT2D eigenvalue weighted by Crippen LogP contribution is -2.32. The Balaban J connectivity index is 2.15. The van der Waals surface area contributed by atoms with Crippen LogP contribution >= 0.6 is 0 Å². The number of carbonyl (C=O) groups is 1. The van der Waals surface area contributed by atoms with Gasteiger partial charge in [-0.1, -0.05) is 18.2 Å². The van der Waals surface area contributed by atoms with Gasteiger partial charge in [-0.05, 0) is 42.5 Å². The smallest absolute Gasteiger partial charge is 0.217 e. The van der Waals surface area contributed by atoms with Gasteiger partial charge in [0.1, 0.15) is 5.75 Å². The summed E-state index contributed by atoms with van der Waals surface area (Å²) in [6.07, 6.45) is 5.39. The van der Waals surface area contributed by atoms with Gasteiger partial charge in [0.05, 0.1) is 7.11 Å². The van der Waals surface area contributed by atoms with Gasteiger partial charge in [0, 0.05) is 13.0 Å².